The molecule has 0 bridgehead atoms. The summed E-state index contributed by atoms with van der Waals surface area (Å²) in [5.41, 5.74) is 0.374. The zero-order chi connectivity index (χ0) is 17.0. The number of nitrogens with one attached hydrogen (secondary N) is 1. The summed E-state index contributed by atoms with van der Waals surface area (Å²) in [6, 6.07) is 7.03. The predicted molar refractivity (Wildman–Crippen MR) is 87.5 cm³/mol. The van der Waals surface area contributed by atoms with Gasteiger partial charge >= 0.3 is 0 Å². The SMILES string of the molecule is COc1ccc2ncccc2c1C(=O)NCC(O)C(C)(C)CO. The number of rotatable bonds is 6. The van der Waals surface area contributed by atoms with Crippen LogP contribution in [0.4, 0.5) is 0 Å². The van der Waals surface area contributed by atoms with E-state index in [1.54, 1.807) is 44.3 Å². The highest BCUT2D eigenvalue weighted by molar-refractivity contribution is 6.08. The van der Waals surface area contributed by atoms with Gasteiger partial charge in [0.05, 0.1) is 30.9 Å². The molecule has 2 rings (SSSR count). The molecule has 1 aromatic carbocycles. The molecule has 6 heteroatoms. The number of ether oxygens (including phenoxy) is 1. The average molecular weight is 318 g/mol. The number of aliphatic hydroxyl groups excluding tert-OH is 2. The van der Waals surface area contributed by atoms with Crippen LogP contribution in [-0.4, -0.2) is 47.5 Å². The van der Waals surface area contributed by atoms with Crippen LogP contribution in [0.1, 0.15) is 24.2 Å². The second kappa shape index (κ2) is 6.93. The molecule has 0 radical (unpaired) electrons. The largest absolute Gasteiger partial charge is 0.496 e. The minimum atomic E-state index is -0.865. The summed E-state index contributed by atoms with van der Waals surface area (Å²) >= 11 is 0. The molecule has 3 N–H and O–H groups in total. The molecule has 124 valence electrons. The van der Waals surface area contributed by atoms with E-state index < -0.39 is 11.5 Å². The van der Waals surface area contributed by atoms with Gasteiger partial charge < -0.3 is 20.3 Å². The van der Waals surface area contributed by atoms with Crippen molar-refractivity contribution in [3.05, 3.63) is 36.0 Å². The van der Waals surface area contributed by atoms with Gasteiger partial charge in [0.2, 0.25) is 0 Å². The maximum atomic E-state index is 12.6. The van der Waals surface area contributed by atoms with E-state index in [1.807, 2.05) is 0 Å². The van der Waals surface area contributed by atoms with Crippen LogP contribution in [-0.2, 0) is 0 Å². The molecular formula is C17H22N2O4. The molecule has 1 heterocycles. The standard InChI is InChI=1S/C17H22N2O4/c1-17(2,10-20)14(21)9-19-16(22)15-11-5-4-8-18-12(11)6-7-13(15)23-3/h4-8,14,20-21H,9-10H2,1-3H3,(H,19,22). The predicted octanol–water partition coefficient (Wildman–Crippen LogP) is 1.35. The van der Waals surface area contributed by atoms with Crippen LogP contribution in [0.25, 0.3) is 10.9 Å². The molecule has 1 atom stereocenters. The Morgan fingerprint density at radius 2 is 2.13 bits per heavy atom. The van der Waals surface area contributed by atoms with Gasteiger partial charge in [0, 0.05) is 23.5 Å². The van der Waals surface area contributed by atoms with Crippen molar-refractivity contribution in [2.24, 2.45) is 5.41 Å². The second-order valence-corrected chi connectivity index (χ2v) is 6.09. The number of carbonyl (C=O) groups excluding carboxylic acids is 1. The molecule has 1 aromatic heterocycles. The van der Waals surface area contributed by atoms with Crippen molar-refractivity contribution < 1.29 is 19.7 Å². The molecule has 2 aromatic rings. The summed E-state index contributed by atoms with van der Waals surface area (Å²) in [4.78, 5) is 16.8. The Hall–Kier alpha value is -2.18. The molecule has 1 amide bonds. The molecule has 0 saturated heterocycles. The van der Waals surface area contributed by atoms with Crippen LogP contribution in [0.2, 0.25) is 0 Å². The van der Waals surface area contributed by atoms with Crippen LogP contribution in [0.15, 0.2) is 30.5 Å². The Kier molecular flexibility index (Phi) is 5.18. The lowest BCUT2D eigenvalue weighted by atomic mass is 9.87. The van der Waals surface area contributed by atoms with Gasteiger partial charge in [-0.05, 0) is 18.2 Å². The maximum Gasteiger partial charge on any atom is 0.255 e. The van der Waals surface area contributed by atoms with Gasteiger partial charge in [-0.1, -0.05) is 19.9 Å². The van der Waals surface area contributed by atoms with Gasteiger partial charge in [0.25, 0.3) is 5.91 Å². The highest BCUT2D eigenvalue weighted by Crippen LogP contribution is 2.27. The molecule has 1 unspecified atom stereocenters. The summed E-state index contributed by atoms with van der Waals surface area (Å²) in [5, 5.41) is 22.7. The average Bonchev–Trinajstić information content (AvgIpc) is 2.58. The number of aromatic nitrogens is 1. The number of hydrogen-bond acceptors (Lipinski definition) is 5. The normalized spacial score (nSPS) is 12.9. The zero-order valence-corrected chi connectivity index (χ0v) is 13.5. The molecule has 0 aliphatic carbocycles. The smallest absolute Gasteiger partial charge is 0.255 e. The monoisotopic (exact) mass is 318 g/mol. The van der Waals surface area contributed by atoms with Crippen molar-refractivity contribution in [3.8, 4) is 5.75 Å². The summed E-state index contributed by atoms with van der Waals surface area (Å²) in [6.07, 6.45) is 0.792. The molecular weight excluding hydrogens is 296 g/mol. The van der Waals surface area contributed by atoms with E-state index in [2.05, 4.69) is 10.3 Å². The fourth-order valence-corrected chi connectivity index (χ4v) is 2.20. The van der Waals surface area contributed by atoms with Gasteiger partial charge in [-0.25, -0.2) is 0 Å². The molecule has 0 aliphatic heterocycles. The third kappa shape index (κ3) is 3.60. The molecule has 0 aliphatic rings. The van der Waals surface area contributed by atoms with Crippen LogP contribution in [0.3, 0.4) is 0 Å². The molecule has 6 nitrogen and oxygen atoms in total. The van der Waals surface area contributed by atoms with E-state index in [9.17, 15) is 15.0 Å². The maximum absolute atomic E-state index is 12.6. The van der Waals surface area contributed by atoms with Gasteiger partial charge in [0.15, 0.2) is 0 Å². The third-order valence-corrected chi connectivity index (χ3v) is 3.96. The Balaban J connectivity index is 2.27. The van der Waals surface area contributed by atoms with Gasteiger partial charge in [-0.15, -0.1) is 0 Å². The number of fused-ring (bicyclic) bond motifs is 1. The van der Waals surface area contributed by atoms with Crippen molar-refractivity contribution in [3.63, 3.8) is 0 Å². The first kappa shape index (κ1) is 17.2. The lowest BCUT2D eigenvalue weighted by molar-refractivity contribution is 0.00888. The highest BCUT2D eigenvalue weighted by Gasteiger charge is 2.28. The Labute approximate surface area is 135 Å². The first-order chi connectivity index (χ1) is 10.9. The number of aliphatic hydroxyl groups is 2. The van der Waals surface area contributed by atoms with Crippen LogP contribution in [0.5, 0.6) is 5.75 Å². The van der Waals surface area contributed by atoms with E-state index >= 15 is 0 Å². The third-order valence-electron chi connectivity index (χ3n) is 3.96. The number of hydrogen-bond donors (Lipinski definition) is 3. The van der Waals surface area contributed by atoms with E-state index in [0.717, 1.165) is 0 Å². The Bertz CT molecular complexity index is 700. The molecule has 0 spiro atoms. The number of pyridine rings is 1. The van der Waals surface area contributed by atoms with Crippen LogP contribution >= 0.6 is 0 Å². The number of carbonyl (C=O) groups is 1. The lowest BCUT2D eigenvalue weighted by Gasteiger charge is -2.28. The summed E-state index contributed by atoms with van der Waals surface area (Å²) in [5.74, 6) is 0.0900. The molecule has 0 fully saturated rings. The molecule has 23 heavy (non-hydrogen) atoms. The number of benzene rings is 1. The minimum Gasteiger partial charge on any atom is -0.496 e. The first-order valence-corrected chi connectivity index (χ1v) is 7.39. The number of nitrogens with zero attached hydrogens (tertiary/aromatic N) is 1. The van der Waals surface area contributed by atoms with Crippen molar-refractivity contribution >= 4 is 16.8 Å². The van der Waals surface area contributed by atoms with E-state index in [-0.39, 0.29) is 19.1 Å². The Morgan fingerprint density at radius 3 is 2.78 bits per heavy atom. The zero-order valence-electron chi connectivity index (χ0n) is 13.5. The van der Waals surface area contributed by atoms with Crippen molar-refractivity contribution in [2.45, 2.75) is 20.0 Å². The van der Waals surface area contributed by atoms with Crippen molar-refractivity contribution in [2.75, 3.05) is 20.3 Å². The highest BCUT2D eigenvalue weighted by atomic mass is 16.5. The van der Waals surface area contributed by atoms with Gasteiger partial charge in [-0.3, -0.25) is 9.78 Å². The van der Waals surface area contributed by atoms with Crippen LogP contribution < -0.4 is 10.1 Å². The second-order valence-electron chi connectivity index (χ2n) is 6.09. The number of amides is 1. The van der Waals surface area contributed by atoms with E-state index in [0.29, 0.717) is 22.2 Å². The van der Waals surface area contributed by atoms with E-state index in [4.69, 9.17) is 4.74 Å². The summed E-state index contributed by atoms with van der Waals surface area (Å²) in [6.45, 7) is 3.32. The first-order valence-electron chi connectivity index (χ1n) is 7.39. The van der Waals surface area contributed by atoms with Gasteiger partial charge in [-0.2, -0.15) is 0 Å². The van der Waals surface area contributed by atoms with Crippen molar-refractivity contribution in [1.29, 1.82) is 0 Å². The molecule has 0 saturated carbocycles. The minimum absolute atomic E-state index is 0.0339. The number of methoxy groups -OCH3 is 1. The lowest BCUT2D eigenvalue weighted by Crippen LogP contribution is -2.42. The van der Waals surface area contributed by atoms with Crippen LogP contribution in [0, 0.1) is 5.41 Å². The quantitative estimate of drug-likeness (QED) is 0.748. The van der Waals surface area contributed by atoms with E-state index in [1.165, 1.54) is 7.11 Å². The Morgan fingerprint density at radius 1 is 1.39 bits per heavy atom. The fourth-order valence-electron chi connectivity index (χ4n) is 2.20. The van der Waals surface area contributed by atoms with Crippen molar-refractivity contribution in [1.82, 2.24) is 10.3 Å². The fraction of sp³-hybridized carbons (Fsp3) is 0.412. The topological polar surface area (TPSA) is 91.7 Å². The summed E-state index contributed by atoms with van der Waals surface area (Å²) in [7, 11) is 1.50. The summed E-state index contributed by atoms with van der Waals surface area (Å²) < 4.78 is 5.28. The van der Waals surface area contributed by atoms with Gasteiger partial charge in [0.1, 0.15) is 5.75 Å².